The van der Waals surface area contributed by atoms with Gasteiger partial charge in [0.15, 0.2) is 0 Å². The van der Waals surface area contributed by atoms with Crippen molar-refractivity contribution in [3.63, 3.8) is 0 Å². The highest BCUT2D eigenvalue weighted by Crippen LogP contribution is 2.27. The van der Waals surface area contributed by atoms with Crippen molar-refractivity contribution >= 4 is 5.91 Å². The van der Waals surface area contributed by atoms with Gasteiger partial charge in [0, 0.05) is 11.6 Å². The summed E-state index contributed by atoms with van der Waals surface area (Å²) in [7, 11) is 0. The maximum absolute atomic E-state index is 12.2. The largest absolute Gasteiger partial charge is 0.508 e. The Bertz CT molecular complexity index is 456. The summed E-state index contributed by atoms with van der Waals surface area (Å²) >= 11 is 0. The summed E-state index contributed by atoms with van der Waals surface area (Å²) in [5.41, 5.74) is 1.34. The van der Waals surface area contributed by atoms with E-state index in [1.54, 1.807) is 18.2 Å². The summed E-state index contributed by atoms with van der Waals surface area (Å²) in [5, 5.41) is 12.8. The van der Waals surface area contributed by atoms with Crippen molar-refractivity contribution in [3.8, 4) is 5.75 Å². The number of hydrogen-bond acceptors (Lipinski definition) is 2. The molecule has 0 heterocycles. The lowest BCUT2D eigenvalue weighted by Crippen LogP contribution is -2.41. The number of phenols is 1. The van der Waals surface area contributed by atoms with Crippen LogP contribution in [-0.4, -0.2) is 17.1 Å². The van der Waals surface area contributed by atoms with Gasteiger partial charge in [0.25, 0.3) is 5.91 Å². The van der Waals surface area contributed by atoms with Gasteiger partial charge in [-0.3, -0.25) is 4.79 Å². The third-order valence-corrected chi connectivity index (χ3v) is 4.22. The van der Waals surface area contributed by atoms with E-state index in [-0.39, 0.29) is 17.7 Å². The van der Waals surface area contributed by atoms with Crippen molar-refractivity contribution in [2.24, 2.45) is 5.92 Å². The van der Waals surface area contributed by atoms with Gasteiger partial charge < -0.3 is 10.4 Å². The van der Waals surface area contributed by atoms with Crippen molar-refractivity contribution in [2.75, 3.05) is 0 Å². The number of carbonyl (C=O) groups excluding carboxylic acids is 1. The summed E-state index contributed by atoms with van der Waals surface area (Å²) in [6.07, 6.45) is 5.86. The molecule has 1 aliphatic rings. The number of amides is 1. The van der Waals surface area contributed by atoms with Crippen LogP contribution in [-0.2, 0) is 0 Å². The third kappa shape index (κ3) is 3.28. The van der Waals surface area contributed by atoms with Crippen molar-refractivity contribution in [3.05, 3.63) is 29.3 Å². The van der Waals surface area contributed by atoms with E-state index in [9.17, 15) is 9.90 Å². The van der Waals surface area contributed by atoms with E-state index in [1.807, 2.05) is 6.92 Å². The monoisotopic (exact) mass is 261 g/mol. The predicted molar refractivity (Wildman–Crippen MR) is 76.3 cm³/mol. The molecule has 2 atom stereocenters. The first kappa shape index (κ1) is 13.9. The van der Waals surface area contributed by atoms with Crippen LogP contribution >= 0.6 is 0 Å². The zero-order valence-electron chi connectivity index (χ0n) is 11.8. The Labute approximate surface area is 115 Å². The number of carbonyl (C=O) groups is 1. The summed E-state index contributed by atoms with van der Waals surface area (Å²) in [6.45, 7) is 4.01. The molecule has 1 aromatic rings. The van der Waals surface area contributed by atoms with Gasteiger partial charge in [0.2, 0.25) is 0 Å². The van der Waals surface area contributed by atoms with Crippen LogP contribution in [0.25, 0.3) is 0 Å². The van der Waals surface area contributed by atoms with Crippen LogP contribution in [0.5, 0.6) is 5.75 Å². The number of benzene rings is 1. The first-order chi connectivity index (χ1) is 9.11. The lowest BCUT2D eigenvalue weighted by Gasteiger charge is -2.31. The quantitative estimate of drug-likeness (QED) is 0.876. The Morgan fingerprint density at radius 2 is 2.11 bits per heavy atom. The molecule has 19 heavy (non-hydrogen) atoms. The van der Waals surface area contributed by atoms with Crippen LogP contribution in [0.1, 0.15) is 54.9 Å². The highest BCUT2D eigenvalue weighted by molar-refractivity contribution is 5.94. The van der Waals surface area contributed by atoms with Crippen molar-refractivity contribution in [2.45, 2.75) is 52.0 Å². The zero-order chi connectivity index (χ0) is 13.8. The molecule has 1 aromatic carbocycles. The van der Waals surface area contributed by atoms with Crippen molar-refractivity contribution in [1.82, 2.24) is 5.32 Å². The lowest BCUT2D eigenvalue weighted by molar-refractivity contribution is 0.0904. The summed E-state index contributed by atoms with van der Waals surface area (Å²) in [5.74, 6) is 0.709. The van der Waals surface area contributed by atoms with Crippen LogP contribution in [0.4, 0.5) is 0 Å². The Morgan fingerprint density at radius 1 is 1.37 bits per heavy atom. The SMILES string of the molecule is CCC1CCCCC1NC(=O)c1ccc(C)c(O)c1. The maximum Gasteiger partial charge on any atom is 0.251 e. The second-order valence-electron chi connectivity index (χ2n) is 5.53. The molecule has 1 amide bonds. The van der Waals surface area contributed by atoms with E-state index >= 15 is 0 Å². The molecule has 0 spiro atoms. The number of nitrogens with one attached hydrogen (secondary N) is 1. The van der Waals surface area contributed by atoms with Gasteiger partial charge in [0.1, 0.15) is 5.75 Å². The summed E-state index contributed by atoms with van der Waals surface area (Å²) in [4.78, 5) is 12.2. The van der Waals surface area contributed by atoms with E-state index in [1.165, 1.54) is 19.3 Å². The standard InChI is InChI=1S/C16H23NO2/c1-3-12-6-4-5-7-14(12)17-16(19)13-9-8-11(2)15(18)10-13/h8-10,12,14,18H,3-7H2,1-2H3,(H,17,19). The van der Waals surface area contributed by atoms with E-state index in [0.717, 1.165) is 18.4 Å². The first-order valence-electron chi connectivity index (χ1n) is 7.22. The highest BCUT2D eigenvalue weighted by Gasteiger charge is 2.25. The van der Waals surface area contributed by atoms with E-state index < -0.39 is 0 Å². The van der Waals surface area contributed by atoms with Gasteiger partial charge in [-0.05, 0) is 43.4 Å². The van der Waals surface area contributed by atoms with Crippen LogP contribution < -0.4 is 5.32 Å². The smallest absolute Gasteiger partial charge is 0.251 e. The van der Waals surface area contributed by atoms with E-state index in [4.69, 9.17) is 0 Å². The van der Waals surface area contributed by atoms with Crippen LogP contribution in [0, 0.1) is 12.8 Å². The molecule has 1 fully saturated rings. The Hall–Kier alpha value is -1.51. The minimum absolute atomic E-state index is 0.0688. The molecule has 0 saturated heterocycles. The molecule has 0 radical (unpaired) electrons. The van der Waals surface area contributed by atoms with Gasteiger partial charge in [0.05, 0.1) is 0 Å². The van der Waals surface area contributed by atoms with Gasteiger partial charge in [-0.15, -0.1) is 0 Å². The van der Waals surface area contributed by atoms with Gasteiger partial charge in [-0.2, -0.15) is 0 Å². The molecule has 0 bridgehead atoms. The minimum atomic E-state index is -0.0688. The molecule has 3 heteroatoms. The Morgan fingerprint density at radius 3 is 2.79 bits per heavy atom. The molecule has 0 aliphatic heterocycles. The summed E-state index contributed by atoms with van der Waals surface area (Å²) in [6, 6.07) is 5.39. The van der Waals surface area contributed by atoms with E-state index in [0.29, 0.717) is 11.5 Å². The molecule has 2 N–H and O–H groups in total. The molecule has 2 unspecified atom stereocenters. The predicted octanol–water partition coefficient (Wildman–Crippen LogP) is 3.40. The number of phenolic OH excluding ortho intramolecular Hbond substituents is 1. The molecular weight excluding hydrogens is 238 g/mol. The lowest BCUT2D eigenvalue weighted by atomic mass is 9.83. The number of hydrogen-bond donors (Lipinski definition) is 2. The molecule has 1 aliphatic carbocycles. The van der Waals surface area contributed by atoms with Gasteiger partial charge >= 0.3 is 0 Å². The minimum Gasteiger partial charge on any atom is -0.508 e. The zero-order valence-corrected chi connectivity index (χ0v) is 11.8. The van der Waals surface area contributed by atoms with Crippen molar-refractivity contribution in [1.29, 1.82) is 0 Å². The first-order valence-corrected chi connectivity index (χ1v) is 7.22. The molecule has 2 rings (SSSR count). The molecule has 104 valence electrons. The van der Waals surface area contributed by atoms with E-state index in [2.05, 4.69) is 12.2 Å². The number of aromatic hydroxyl groups is 1. The van der Waals surface area contributed by atoms with Crippen molar-refractivity contribution < 1.29 is 9.90 Å². The second kappa shape index (κ2) is 6.09. The van der Waals surface area contributed by atoms with Crippen LogP contribution in [0.2, 0.25) is 0 Å². The fourth-order valence-electron chi connectivity index (χ4n) is 2.89. The molecule has 1 saturated carbocycles. The normalized spacial score (nSPS) is 23.1. The molecule has 3 nitrogen and oxygen atoms in total. The number of aryl methyl sites for hydroxylation is 1. The molecular formula is C16H23NO2. The topological polar surface area (TPSA) is 49.3 Å². The maximum atomic E-state index is 12.2. The second-order valence-corrected chi connectivity index (χ2v) is 5.53. The molecule has 0 aromatic heterocycles. The Kier molecular flexibility index (Phi) is 4.46. The fraction of sp³-hybridized carbons (Fsp3) is 0.562. The Balaban J connectivity index is 2.05. The summed E-state index contributed by atoms with van der Waals surface area (Å²) < 4.78 is 0. The number of rotatable bonds is 3. The van der Waals surface area contributed by atoms with Gasteiger partial charge in [-0.1, -0.05) is 32.3 Å². The third-order valence-electron chi connectivity index (χ3n) is 4.22. The van der Waals surface area contributed by atoms with Crippen LogP contribution in [0.15, 0.2) is 18.2 Å². The highest BCUT2D eigenvalue weighted by atomic mass is 16.3. The fourth-order valence-corrected chi connectivity index (χ4v) is 2.89. The average Bonchev–Trinajstić information content (AvgIpc) is 2.42. The average molecular weight is 261 g/mol. The van der Waals surface area contributed by atoms with Crippen LogP contribution in [0.3, 0.4) is 0 Å². The van der Waals surface area contributed by atoms with Gasteiger partial charge in [-0.25, -0.2) is 0 Å².